The minimum atomic E-state index is 0.635. The lowest BCUT2D eigenvalue weighted by atomic mass is 10.0. The molecule has 0 radical (unpaired) electrons. The van der Waals surface area contributed by atoms with Gasteiger partial charge in [-0.05, 0) is 26.2 Å². The van der Waals surface area contributed by atoms with Crippen molar-refractivity contribution in [2.45, 2.75) is 53.0 Å². The summed E-state index contributed by atoms with van der Waals surface area (Å²) in [7, 11) is 0. The van der Waals surface area contributed by atoms with Crippen molar-refractivity contribution in [2.24, 2.45) is 5.92 Å². The molecule has 0 saturated heterocycles. The maximum atomic E-state index is 3.87. The summed E-state index contributed by atoms with van der Waals surface area (Å²) in [4.78, 5) is 0. The molecule has 0 rings (SSSR count). The molecule has 0 spiro atoms. The van der Waals surface area contributed by atoms with Crippen molar-refractivity contribution in [1.29, 1.82) is 0 Å². The van der Waals surface area contributed by atoms with E-state index in [4.69, 9.17) is 0 Å². The second-order valence-electron chi connectivity index (χ2n) is 4.56. The van der Waals surface area contributed by atoms with Crippen LogP contribution in [0.5, 0.6) is 0 Å². The van der Waals surface area contributed by atoms with E-state index in [1.54, 1.807) is 0 Å². The fourth-order valence-electron chi connectivity index (χ4n) is 1.28. The molecule has 1 nitrogen and oxygen atoms in total. The first-order valence-corrected chi connectivity index (χ1v) is 5.40. The molecule has 0 aromatic rings. The van der Waals surface area contributed by atoms with E-state index in [9.17, 15) is 0 Å². The average molecular weight is 183 g/mol. The Labute approximate surface area is 83.6 Å². The van der Waals surface area contributed by atoms with E-state index in [2.05, 4.69) is 39.6 Å². The third-order valence-electron chi connectivity index (χ3n) is 2.17. The highest BCUT2D eigenvalue weighted by Gasteiger charge is 2.01. The van der Waals surface area contributed by atoms with E-state index in [1.165, 1.54) is 24.8 Å². The van der Waals surface area contributed by atoms with E-state index < -0.39 is 0 Å². The summed E-state index contributed by atoms with van der Waals surface area (Å²) in [5.74, 6) is 0.841. The van der Waals surface area contributed by atoms with Crippen LogP contribution in [0.3, 0.4) is 0 Å². The Morgan fingerprint density at radius 2 is 1.85 bits per heavy atom. The Hall–Kier alpha value is -0.300. The van der Waals surface area contributed by atoms with Gasteiger partial charge in [0.05, 0.1) is 0 Å². The Morgan fingerprint density at radius 1 is 1.23 bits per heavy atom. The molecule has 1 heteroatoms. The maximum Gasteiger partial charge on any atom is 0.0161 e. The lowest BCUT2D eigenvalue weighted by Crippen LogP contribution is -2.27. The molecule has 0 amide bonds. The SMILES string of the molecule is C=C(C)CNC(C)CCCC(C)C. The molecule has 0 aliphatic heterocycles. The van der Waals surface area contributed by atoms with E-state index in [1.807, 2.05) is 0 Å². The van der Waals surface area contributed by atoms with Crippen LogP contribution >= 0.6 is 0 Å². The van der Waals surface area contributed by atoms with Gasteiger partial charge in [0.25, 0.3) is 0 Å². The lowest BCUT2D eigenvalue weighted by molar-refractivity contribution is 0.468. The Morgan fingerprint density at radius 3 is 2.31 bits per heavy atom. The zero-order chi connectivity index (χ0) is 10.3. The van der Waals surface area contributed by atoms with Crippen LogP contribution in [-0.4, -0.2) is 12.6 Å². The molecule has 0 fully saturated rings. The molecule has 0 aliphatic carbocycles. The van der Waals surface area contributed by atoms with Gasteiger partial charge >= 0.3 is 0 Å². The molecular formula is C12H25N. The van der Waals surface area contributed by atoms with E-state index in [0.717, 1.165) is 12.5 Å². The van der Waals surface area contributed by atoms with Gasteiger partial charge in [0.1, 0.15) is 0 Å². The molecule has 1 unspecified atom stereocenters. The lowest BCUT2D eigenvalue weighted by Gasteiger charge is -2.14. The normalized spacial score (nSPS) is 13.3. The first-order chi connectivity index (χ1) is 6.02. The van der Waals surface area contributed by atoms with Gasteiger partial charge in [-0.15, -0.1) is 0 Å². The number of hydrogen-bond donors (Lipinski definition) is 1. The summed E-state index contributed by atoms with van der Waals surface area (Å²) in [6.45, 7) is 13.7. The van der Waals surface area contributed by atoms with Crippen molar-refractivity contribution < 1.29 is 0 Å². The van der Waals surface area contributed by atoms with Gasteiger partial charge in [0, 0.05) is 12.6 Å². The molecule has 1 atom stereocenters. The van der Waals surface area contributed by atoms with Crippen molar-refractivity contribution in [2.75, 3.05) is 6.54 Å². The van der Waals surface area contributed by atoms with Crippen LogP contribution in [0.4, 0.5) is 0 Å². The van der Waals surface area contributed by atoms with Crippen LogP contribution in [0.15, 0.2) is 12.2 Å². The summed E-state index contributed by atoms with van der Waals surface area (Å²) in [6, 6.07) is 0.635. The summed E-state index contributed by atoms with van der Waals surface area (Å²) >= 11 is 0. The van der Waals surface area contributed by atoms with Gasteiger partial charge in [0.2, 0.25) is 0 Å². The Kier molecular flexibility index (Phi) is 6.97. The van der Waals surface area contributed by atoms with Gasteiger partial charge in [-0.2, -0.15) is 0 Å². The third kappa shape index (κ3) is 9.62. The number of rotatable bonds is 7. The predicted octanol–water partition coefficient (Wildman–Crippen LogP) is 3.37. The smallest absolute Gasteiger partial charge is 0.0161 e. The highest BCUT2D eigenvalue weighted by atomic mass is 14.9. The number of hydrogen-bond acceptors (Lipinski definition) is 1. The fourth-order valence-corrected chi connectivity index (χ4v) is 1.28. The monoisotopic (exact) mass is 183 g/mol. The molecule has 0 aromatic heterocycles. The van der Waals surface area contributed by atoms with Crippen molar-refractivity contribution in [3.8, 4) is 0 Å². The maximum absolute atomic E-state index is 3.87. The standard InChI is InChI=1S/C12H25N/c1-10(2)7-6-8-12(5)13-9-11(3)4/h10,12-13H,3,6-9H2,1-2,4-5H3. The molecule has 1 N–H and O–H groups in total. The molecule has 0 aromatic carbocycles. The molecular weight excluding hydrogens is 158 g/mol. The average Bonchev–Trinajstić information content (AvgIpc) is 2.00. The molecule has 78 valence electrons. The van der Waals surface area contributed by atoms with E-state index >= 15 is 0 Å². The van der Waals surface area contributed by atoms with E-state index in [-0.39, 0.29) is 0 Å². The highest BCUT2D eigenvalue weighted by Crippen LogP contribution is 2.08. The Bertz CT molecular complexity index is 138. The first-order valence-electron chi connectivity index (χ1n) is 5.40. The minimum absolute atomic E-state index is 0.635. The quantitative estimate of drug-likeness (QED) is 0.597. The Balaban J connectivity index is 3.30. The largest absolute Gasteiger partial charge is 0.311 e. The summed E-state index contributed by atoms with van der Waals surface area (Å²) in [5.41, 5.74) is 1.22. The van der Waals surface area contributed by atoms with Crippen LogP contribution in [-0.2, 0) is 0 Å². The summed E-state index contributed by atoms with van der Waals surface area (Å²) < 4.78 is 0. The second kappa shape index (κ2) is 7.14. The topological polar surface area (TPSA) is 12.0 Å². The molecule has 0 bridgehead atoms. The number of nitrogens with one attached hydrogen (secondary N) is 1. The fraction of sp³-hybridized carbons (Fsp3) is 0.833. The van der Waals surface area contributed by atoms with Crippen molar-refractivity contribution >= 4 is 0 Å². The summed E-state index contributed by atoms with van der Waals surface area (Å²) in [5, 5.41) is 3.46. The van der Waals surface area contributed by atoms with Gasteiger partial charge in [-0.1, -0.05) is 38.8 Å². The molecule has 0 heterocycles. The van der Waals surface area contributed by atoms with Crippen molar-refractivity contribution in [3.05, 3.63) is 12.2 Å². The zero-order valence-corrected chi connectivity index (χ0v) is 9.69. The van der Waals surface area contributed by atoms with Gasteiger partial charge in [0.15, 0.2) is 0 Å². The van der Waals surface area contributed by atoms with Crippen LogP contribution in [0.2, 0.25) is 0 Å². The van der Waals surface area contributed by atoms with Crippen LogP contribution < -0.4 is 5.32 Å². The van der Waals surface area contributed by atoms with Crippen LogP contribution in [0.1, 0.15) is 47.0 Å². The molecule has 13 heavy (non-hydrogen) atoms. The molecule has 0 aliphatic rings. The predicted molar refractivity (Wildman–Crippen MR) is 61.0 cm³/mol. The van der Waals surface area contributed by atoms with Crippen molar-refractivity contribution in [3.63, 3.8) is 0 Å². The van der Waals surface area contributed by atoms with Gasteiger partial charge < -0.3 is 5.32 Å². The zero-order valence-electron chi connectivity index (χ0n) is 9.69. The van der Waals surface area contributed by atoms with Gasteiger partial charge in [-0.3, -0.25) is 0 Å². The minimum Gasteiger partial charge on any atom is -0.311 e. The highest BCUT2D eigenvalue weighted by molar-refractivity contribution is 4.91. The third-order valence-corrected chi connectivity index (χ3v) is 2.17. The second-order valence-corrected chi connectivity index (χ2v) is 4.56. The summed E-state index contributed by atoms with van der Waals surface area (Å²) in [6.07, 6.45) is 3.96. The van der Waals surface area contributed by atoms with Crippen LogP contribution in [0, 0.1) is 5.92 Å². The van der Waals surface area contributed by atoms with Crippen molar-refractivity contribution in [1.82, 2.24) is 5.32 Å². The first kappa shape index (κ1) is 12.7. The van der Waals surface area contributed by atoms with Crippen LogP contribution in [0.25, 0.3) is 0 Å². The van der Waals surface area contributed by atoms with E-state index in [0.29, 0.717) is 6.04 Å². The molecule has 0 saturated carbocycles. The van der Waals surface area contributed by atoms with Gasteiger partial charge in [-0.25, -0.2) is 0 Å².